The molecule has 1 amide bonds. The SMILES string of the molecule is C=CCOc1ccc(C(O)=C2C(=O)C(=O)N(CCCn3ccnc3)[C@@H]2c2ccc([N+](=O)[O-])cc2)cc1. The molecule has 0 radical (unpaired) electrons. The maximum absolute atomic E-state index is 13.1. The van der Waals surface area contributed by atoms with Crippen LogP contribution in [0, 0.1) is 10.1 Å². The van der Waals surface area contributed by atoms with Crippen molar-refractivity contribution in [3.05, 3.63) is 107 Å². The maximum Gasteiger partial charge on any atom is 0.295 e. The fourth-order valence-corrected chi connectivity index (χ4v) is 4.10. The summed E-state index contributed by atoms with van der Waals surface area (Å²) in [7, 11) is 0. The third-order valence-corrected chi connectivity index (χ3v) is 5.83. The molecule has 0 bridgehead atoms. The number of nitro benzene ring substituents is 1. The van der Waals surface area contributed by atoms with E-state index in [0.717, 1.165) is 0 Å². The van der Waals surface area contributed by atoms with Crippen LogP contribution >= 0.6 is 0 Å². The molecule has 0 spiro atoms. The summed E-state index contributed by atoms with van der Waals surface area (Å²) in [6.07, 6.45) is 7.24. The number of amides is 1. The number of non-ortho nitro benzene ring substituents is 1. The Morgan fingerprint density at radius 1 is 1.14 bits per heavy atom. The van der Waals surface area contributed by atoms with Gasteiger partial charge in [-0.15, -0.1) is 0 Å². The van der Waals surface area contributed by atoms with Gasteiger partial charge in [-0.2, -0.15) is 0 Å². The summed E-state index contributed by atoms with van der Waals surface area (Å²) in [6.45, 7) is 4.71. The lowest BCUT2D eigenvalue weighted by atomic mass is 9.95. The minimum Gasteiger partial charge on any atom is -0.507 e. The lowest BCUT2D eigenvalue weighted by Crippen LogP contribution is -2.31. The molecule has 1 aliphatic heterocycles. The highest BCUT2D eigenvalue weighted by atomic mass is 16.6. The Balaban J connectivity index is 1.70. The molecule has 2 heterocycles. The second-order valence-corrected chi connectivity index (χ2v) is 8.12. The number of likely N-dealkylation sites (tertiary alicyclic amines) is 1. The van der Waals surface area contributed by atoms with Crippen LogP contribution < -0.4 is 4.74 Å². The number of aryl methyl sites for hydroxylation is 1. The van der Waals surface area contributed by atoms with Crippen molar-refractivity contribution in [3.63, 3.8) is 0 Å². The largest absolute Gasteiger partial charge is 0.507 e. The van der Waals surface area contributed by atoms with Crippen LogP contribution in [0.1, 0.15) is 23.6 Å². The molecule has 0 aliphatic carbocycles. The van der Waals surface area contributed by atoms with Gasteiger partial charge < -0.3 is 19.3 Å². The second-order valence-electron chi connectivity index (χ2n) is 8.12. The Labute approximate surface area is 206 Å². The van der Waals surface area contributed by atoms with Gasteiger partial charge in [0.15, 0.2) is 0 Å². The van der Waals surface area contributed by atoms with E-state index in [0.29, 0.717) is 36.4 Å². The number of carbonyl (C=O) groups is 2. The van der Waals surface area contributed by atoms with Crippen LogP contribution in [0.25, 0.3) is 5.76 Å². The van der Waals surface area contributed by atoms with Crippen molar-refractivity contribution in [1.82, 2.24) is 14.5 Å². The van der Waals surface area contributed by atoms with Gasteiger partial charge in [0, 0.05) is 43.2 Å². The van der Waals surface area contributed by atoms with Gasteiger partial charge in [-0.25, -0.2) is 4.98 Å². The van der Waals surface area contributed by atoms with Crippen LogP contribution in [-0.2, 0) is 16.1 Å². The Morgan fingerprint density at radius 3 is 2.47 bits per heavy atom. The number of ketones is 1. The minimum absolute atomic E-state index is 0.0729. The molecule has 1 atom stereocenters. The van der Waals surface area contributed by atoms with E-state index in [1.54, 1.807) is 49.1 Å². The summed E-state index contributed by atoms with van der Waals surface area (Å²) in [5.41, 5.74) is 0.626. The van der Waals surface area contributed by atoms with Crippen LogP contribution in [0.3, 0.4) is 0 Å². The second kappa shape index (κ2) is 10.7. The molecule has 1 fully saturated rings. The summed E-state index contributed by atoms with van der Waals surface area (Å²) in [5, 5.41) is 22.3. The number of aromatic nitrogens is 2. The molecule has 4 rings (SSSR count). The van der Waals surface area contributed by atoms with Crippen molar-refractivity contribution >= 4 is 23.1 Å². The lowest BCUT2D eigenvalue weighted by Gasteiger charge is -2.25. The molecule has 1 aromatic heterocycles. The fraction of sp³-hybridized carbons (Fsp3) is 0.192. The summed E-state index contributed by atoms with van der Waals surface area (Å²) >= 11 is 0. The zero-order valence-corrected chi connectivity index (χ0v) is 19.3. The molecular formula is C26H24N4O6. The summed E-state index contributed by atoms with van der Waals surface area (Å²) < 4.78 is 7.31. The van der Waals surface area contributed by atoms with E-state index >= 15 is 0 Å². The van der Waals surface area contributed by atoms with E-state index in [1.807, 2.05) is 4.57 Å². The first-order chi connectivity index (χ1) is 17.4. The third kappa shape index (κ3) is 5.02. The van der Waals surface area contributed by atoms with Gasteiger partial charge >= 0.3 is 0 Å². The predicted molar refractivity (Wildman–Crippen MR) is 131 cm³/mol. The van der Waals surface area contributed by atoms with Crippen molar-refractivity contribution in [2.75, 3.05) is 13.2 Å². The van der Waals surface area contributed by atoms with E-state index in [2.05, 4.69) is 11.6 Å². The number of benzene rings is 2. The van der Waals surface area contributed by atoms with Crippen molar-refractivity contribution in [1.29, 1.82) is 0 Å². The molecule has 0 unspecified atom stereocenters. The molecule has 10 heteroatoms. The Kier molecular flexibility index (Phi) is 7.24. The highest BCUT2D eigenvalue weighted by Crippen LogP contribution is 2.40. The van der Waals surface area contributed by atoms with E-state index in [-0.39, 0.29) is 23.6 Å². The van der Waals surface area contributed by atoms with Crippen molar-refractivity contribution < 1.29 is 24.4 Å². The summed E-state index contributed by atoms with van der Waals surface area (Å²) in [4.78, 5) is 42.2. The number of aliphatic hydroxyl groups excluding tert-OH is 1. The zero-order chi connectivity index (χ0) is 25.7. The molecular weight excluding hydrogens is 464 g/mol. The Morgan fingerprint density at radius 2 is 1.86 bits per heavy atom. The predicted octanol–water partition coefficient (Wildman–Crippen LogP) is 3.87. The van der Waals surface area contributed by atoms with Crippen LogP contribution in [0.15, 0.2) is 85.5 Å². The number of nitro groups is 1. The topological polar surface area (TPSA) is 128 Å². The van der Waals surface area contributed by atoms with Crippen LogP contribution in [-0.4, -0.2) is 49.3 Å². The molecule has 36 heavy (non-hydrogen) atoms. The number of carbonyl (C=O) groups excluding carboxylic acids is 2. The number of nitrogens with zero attached hydrogens (tertiary/aromatic N) is 4. The van der Waals surface area contributed by atoms with Crippen LogP contribution in [0.2, 0.25) is 0 Å². The zero-order valence-electron chi connectivity index (χ0n) is 19.3. The molecule has 2 aromatic carbocycles. The van der Waals surface area contributed by atoms with Crippen LogP contribution in [0.5, 0.6) is 5.75 Å². The molecule has 0 saturated carbocycles. The van der Waals surface area contributed by atoms with Gasteiger partial charge in [0.1, 0.15) is 18.1 Å². The highest BCUT2D eigenvalue weighted by molar-refractivity contribution is 6.46. The number of hydrogen-bond donors (Lipinski definition) is 1. The van der Waals surface area contributed by atoms with Crippen molar-refractivity contribution in [3.8, 4) is 5.75 Å². The van der Waals surface area contributed by atoms with E-state index in [4.69, 9.17) is 4.74 Å². The van der Waals surface area contributed by atoms with Gasteiger partial charge in [-0.1, -0.05) is 12.7 Å². The lowest BCUT2D eigenvalue weighted by molar-refractivity contribution is -0.384. The number of aliphatic hydroxyl groups is 1. The quantitative estimate of drug-likeness (QED) is 0.115. The first kappa shape index (κ1) is 24.4. The minimum atomic E-state index is -0.898. The summed E-state index contributed by atoms with van der Waals surface area (Å²) in [6, 6.07) is 11.2. The molecule has 10 nitrogen and oxygen atoms in total. The highest BCUT2D eigenvalue weighted by Gasteiger charge is 2.45. The Bertz CT molecular complexity index is 1300. The Hall–Kier alpha value is -4.73. The van der Waals surface area contributed by atoms with Crippen molar-refractivity contribution in [2.45, 2.75) is 19.0 Å². The average Bonchev–Trinajstić information content (AvgIpc) is 3.50. The number of rotatable bonds is 10. The first-order valence-corrected chi connectivity index (χ1v) is 11.2. The van der Waals surface area contributed by atoms with Gasteiger partial charge in [-0.3, -0.25) is 19.7 Å². The van der Waals surface area contributed by atoms with Crippen LogP contribution in [0.4, 0.5) is 5.69 Å². The smallest absolute Gasteiger partial charge is 0.295 e. The third-order valence-electron chi connectivity index (χ3n) is 5.83. The van der Waals surface area contributed by atoms with Crippen molar-refractivity contribution in [2.24, 2.45) is 0 Å². The van der Waals surface area contributed by atoms with Gasteiger partial charge in [-0.05, 0) is 48.4 Å². The number of ether oxygens (including phenoxy) is 1. The molecule has 3 aromatic rings. The van der Waals surface area contributed by atoms with Gasteiger partial charge in [0.2, 0.25) is 0 Å². The number of Topliss-reactive ketones (excluding diaryl/α,β-unsaturated/α-hetero) is 1. The molecule has 184 valence electrons. The van der Waals surface area contributed by atoms with E-state index in [9.17, 15) is 24.8 Å². The summed E-state index contributed by atoms with van der Waals surface area (Å²) in [5.74, 6) is -1.33. The molecule has 1 N–H and O–H groups in total. The number of hydrogen-bond acceptors (Lipinski definition) is 7. The molecule has 1 aliphatic rings. The monoisotopic (exact) mass is 488 g/mol. The van der Waals surface area contributed by atoms with E-state index < -0.39 is 22.7 Å². The average molecular weight is 489 g/mol. The number of imidazole rings is 1. The van der Waals surface area contributed by atoms with Gasteiger partial charge in [0.25, 0.3) is 17.4 Å². The van der Waals surface area contributed by atoms with E-state index in [1.165, 1.54) is 29.2 Å². The van der Waals surface area contributed by atoms with Gasteiger partial charge in [0.05, 0.1) is 22.9 Å². The fourth-order valence-electron chi connectivity index (χ4n) is 4.10. The maximum atomic E-state index is 13.1. The standard InChI is InChI=1S/C26H24N4O6/c1-2-16-36-21-10-6-19(7-11-21)24(31)22-23(18-4-8-20(9-5-18)30(34)35)29(26(33)25(22)32)14-3-13-28-15-12-27-17-28/h2,4-12,15,17,23,31H,1,3,13-14,16H2/t23-/m1/s1. The first-order valence-electron chi connectivity index (χ1n) is 11.2. The normalized spacial score (nSPS) is 16.8. The molecule has 1 saturated heterocycles.